The molecule has 0 saturated carbocycles. The molecule has 0 heterocycles. The molecule has 0 unspecified atom stereocenters. The van der Waals surface area contributed by atoms with Crippen LogP contribution in [0.25, 0.3) is 0 Å². The quantitative estimate of drug-likeness (QED) is 0.294. The van der Waals surface area contributed by atoms with Crippen LogP contribution in [0.4, 0.5) is 0 Å². The van der Waals surface area contributed by atoms with Gasteiger partial charge in [0.25, 0.3) is 0 Å². The molecule has 0 radical (unpaired) electrons. The molecule has 0 N–H and O–H groups in total. The summed E-state index contributed by atoms with van der Waals surface area (Å²) < 4.78 is 1.30. The zero-order valence-electron chi connectivity index (χ0n) is 10.6. The first-order chi connectivity index (χ1) is 7.33. The maximum atomic E-state index is 3.18. The minimum Gasteiger partial charge on any atom is -1.00 e. The van der Waals surface area contributed by atoms with Crippen molar-refractivity contribution in [2.45, 2.75) is 51.9 Å². The Hall–Kier alpha value is 1.01. The third-order valence-corrected chi connectivity index (χ3v) is 3.26. The van der Waals surface area contributed by atoms with E-state index in [1.54, 1.807) is 0 Å². The summed E-state index contributed by atoms with van der Waals surface area (Å²) in [4.78, 5) is 0. The first kappa shape index (κ1) is 20.3. The van der Waals surface area contributed by atoms with E-state index in [2.05, 4.69) is 47.7 Å². The van der Waals surface area contributed by atoms with Crippen LogP contribution in [0.2, 0.25) is 0 Å². The van der Waals surface area contributed by atoms with E-state index in [1.165, 1.54) is 54.1 Å². The van der Waals surface area contributed by atoms with Crippen LogP contribution in [0.15, 0.2) is 18.2 Å². The van der Waals surface area contributed by atoms with Crippen molar-refractivity contribution in [1.29, 1.82) is 0 Å². The van der Waals surface area contributed by atoms with Gasteiger partial charge in [0, 0.05) is 0 Å². The van der Waals surface area contributed by atoms with Crippen LogP contribution < -0.4 is 12.4 Å². The van der Waals surface area contributed by atoms with E-state index in [0.717, 1.165) is 0 Å². The number of hydrogen-bond donors (Lipinski definition) is 0. The molecule has 3 heteroatoms. The molecule has 17 heavy (non-hydrogen) atoms. The topological polar surface area (TPSA) is 0 Å². The summed E-state index contributed by atoms with van der Waals surface area (Å²) in [7, 11) is 0. The van der Waals surface area contributed by atoms with E-state index in [1.807, 2.05) is 6.07 Å². The molecule has 1 aromatic carbocycles. The van der Waals surface area contributed by atoms with Gasteiger partial charge in [0.05, 0.1) is 0 Å². The zero-order valence-corrected chi connectivity index (χ0v) is 15.0. The molecule has 0 aliphatic rings. The molecule has 0 aliphatic carbocycles. The summed E-state index contributed by atoms with van der Waals surface area (Å²) in [6, 6.07) is 9.60. The Morgan fingerprint density at radius 1 is 1.06 bits per heavy atom. The molecular weight excluding hydrogens is 355 g/mol. The standard InChI is InChI=1S/C14H20I.ClH.Mg/c1-2-3-4-5-6-7-9-13-10-8-11-14(15)12-13;;/h10-12H,2-7,9H2,1H3;1H;/q-1;;+2/p-1. The van der Waals surface area contributed by atoms with Gasteiger partial charge in [0.2, 0.25) is 0 Å². The number of halogens is 2. The molecule has 0 atom stereocenters. The number of hydrogen-bond acceptors (Lipinski definition) is 0. The summed E-state index contributed by atoms with van der Waals surface area (Å²) in [6.07, 6.45) is 9.49. The second kappa shape index (κ2) is 13.4. The molecule has 0 aromatic heterocycles. The molecule has 0 amide bonds. The van der Waals surface area contributed by atoms with Crippen LogP contribution in [-0.4, -0.2) is 23.1 Å². The third kappa shape index (κ3) is 10.6. The molecule has 0 saturated heterocycles. The fourth-order valence-corrected chi connectivity index (χ4v) is 2.32. The fraction of sp³-hybridized carbons (Fsp3) is 0.571. The molecule has 0 aliphatic heterocycles. The van der Waals surface area contributed by atoms with Crippen molar-refractivity contribution in [3.8, 4) is 0 Å². The summed E-state index contributed by atoms with van der Waals surface area (Å²) in [5.41, 5.74) is 1.44. The number of rotatable bonds is 7. The molecule has 0 nitrogen and oxygen atoms in total. The van der Waals surface area contributed by atoms with Gasteiger partial charge in [-0.25, -0.2) is 0 Å². The number of benzene rings is 1. The molecule has 1 rings (SSSR count). The first-order valence-corrected chi connectivity index (χ1v) is 7.06. The summed E-state index contributed by atoms with van der Waals surface area (Å²) >= 11 is 2.35. The second-order valence-corrected chi connectivity index (χ2v) is 5.32. The molecule has 0 spiro atoms. The maximum absolute atomic E-state index is 3.18. The fourth-order valence-electron chi connectivity index (χ4n) is 1.74. The average Bonchev–Trinajstić information content (AvgIpc) is 2.23. The molecule has 0 bridgehead atoms. The maximum Gasteiger partial charge on any atom is 2.00 e. The molecule has 1 aromatic rings. The number of aryl methyl sites for hydroxylation is 1. The van der Waals surface area contributed by atoms with Gasteiger partial charge in [0.1, 0.15) is 0 Å². The number of unbranched alkanes of at least 4 members (excludes halogenated alkanes) is 5. The van der Waals surface area contributed by atoms with Gasteiger partial charge in [-0.05, 0) is 0 Å². The summed E-state index contributed by atoms with van der Waals surface area (Å²) in [5.74, 6) is 0. The van der Waals surface area contributed by atoms with Gasteiger partial charge < -0.3 is 12.4 Å². The van der Waals surface area contributed by atoms with Gasteiger partial charge in [-0.2, -0.15) is 29.8 Å². The minimum absolute atomic E-state index is 0. The van der Waals surface area contributed by atoms with Crippen molar-refractivity contribution in [2.75, 3.05) is 0 Å². The van der Waals surface area contributed by atoms with Gasteiger partial charge in [-0.15, -0.1) is 22.6 Å². The Kier molecular flexibility index (Phi) is 16.1. The second-order valence-electron chi connectivity index (χ2n) is 4.08. The van der Waals surface area contributed by atoms with Gasteiger partial charge >= 0.3 is 23.1 Å². The average molecular weight is 375 g/mol. The van der Waals surface area contributed by atoms with Gasteiger partial charge in [-0.1, -0.05) is 55.4 Å². The van der Waals surface area contributed by atoms with E-state index in [-0.39, 0.29) is 35.5 Å². The minimum atomic E-state index is 0. The van der Waals surface area contributed by atoms with E-state index >= 15 is 0 Å². The predicted octanol–water partition coefficient (Wildman–Crippen LogP) is 1.62. The van der Waals surface area contributed by atoms with Crippen molar-refractivity contribution in [3.63, 3.8) is 0 Å². The smallest absolute Gasteiger partial charge is 1.00 e. The monoisotopic (exact) mass is 374 g/mol. The van der Waals surface area contributed by atoms with Crippen molar-refractivity contribution >= 4 is 45.6 Å². The Bertz CT molecular complexity index is 279. The Morgan fingerprint density at radius 3 is 2.35 bits per heavy atom. The molecular formula is C14H20ClIMg. The first-order valence-electron chi connectivity index (χ1n) is 5.98. The SMILES string of the molecule is CCCCCCCCc1c[c-]cc(I)c1.[Cl-].[Mg+2]. The van der Waals surface area contributed by atoms with Gasteiger partial charge in [0.15, 0.2) is 0 Å². The molecule has 0 fully saturated rings. The van der Waals surface area contributed by atoms with Crippen molar-refractivity contribution in [1.82, 2.24) is 0 Å². The zero-order chi connectivity index (χ0) is 10.9. The van der Waals surface area contributed by atoms with Crippen molar-refractivity contribution < 1.29 is 12.4 Å². The third-order valence-electron chi connectivity index (χ3n) is 2.63. The van der Waals surface area contributed by atoms with Crippen LogP contribution >= 0.6 is 22.6 Å². The van der Waals surface area contributed by atoms with Crippen LogP contribution in [0, 0.1) is 9.64 Å². The van der Waals surface area contributed by atoms with Crippen molar-refractivity contribution in [2.24, 2.45) is 0 Å². The van der Waals surface area contributed by atoms with E-state index in [0.29, 0.717) is 0 Å². The van der Waals surface area contributed by atoms with Crippen LogP contribution in [0.1, 0.15) is 51.0 Å². The van der Waals surface area contributed by atoms with E-state index < -0.39 is 0 Å². The Balaban J connectivity index is 0. The van der Waals surface area contributed by atoms with E-state index in [9.17, 15) is 0 Å². The summed E-state index contributed by atoms with van der Waals surface area (Å²) in [5, 5.41) is 0. The normalized spacial score (nSPS) is 9.29. The van der Waals surface area contributed by atoms with Crippen molar-refractivity contribution in [3.05, 3.63) is 33.4 Å². The molecule has 92 valence electrons. The summed E-state index contributed by atoms with van der Waals surface area (Å²) in [6.45, 7) is 2.27. The van der Waals surface area contributed by atoms with Crippen LogP contribution in [-0.2, 0) is 6.42 Å². The van der Waals surface area contributed by atoms with Crippen LogP contribution in [0.5, 0.6) is 0 Å². The largest absolute Gasteiger partial charge is 2.00 e. The predicted molar refractivity (Wildman–Crippen MR) is 80.8 cm³/mol. The van der Waals surface area contributed by atoms with E-state index in [4.69, 9.17) is 0 Å². The van der Waals surface area contributed by atoms with Gasteiger partial charge in [-0.3, -0.25) is 0 Å². The van der Waals surface area contributed by atoms with Crippen LogP contribution in [0.3, 0.4) is 0 Å². The Morgan fingerprint density at radius 2 is 1.71 bits per heavy atom. The Labute approximate surface area is 142 Å².